The summed E-state index contributed by atoms with van der Waals surface area (Å²) in [5.41, 5.74) is 3.92. The number of carbonyl (C=O) groups excluding carboxylic acids is 1. The van der Waals surface area contributed by atoms with Crippen molar-refractivity contribution in [3.63, 3.8) is 0 Å². The molecule has 1 amide bonds. The van der Waals surface area contributed by atoms with E-state index < -0.39 is 10.0 Å². The highest BCUT2D eigenvalue weighted by Crippen LogP contribution is 2.28. The smallest absolute Gasteiger partial charge is 0.262 e. The number of rotatable bonds is 4. The summed E-state index contributed by atoms with van der Waals surface area (Å²) < 4.78 is 28.6. The number of nitrogens with one attached hydrogen (secondary N) is 2. The molecule has 2 aromatic rings. The van der Waals surface area contributed by atoms with Crippen molar-refractivity contribution in [2.45, 2.75) is 58.9 Å². The van der Waals surface area contributed by atoms with Crippen molar-refractivity contribution in [3.05, 3.63) is 58.1 Å². The summed E-state index contributed by atoms with van der Waals surface area (Å²) in [6, 6.07) is 8.41. The molecule has 0 aromatic heterocycles. The monoisotopic (exact) mass is 388 g/mol. The first-order valence-corrected chi connectivity index (χ1v) is 10.3. The zero-order valence-electron chi connectivity index (χ0n) is 17.0. The van der Waals surface area contributed by atoms with Crippen LogP contribution in [0.15, 0.2) is 35.2 Å². The van der Waals surface area contributed by atoms with Crippen molar-refractivity contribution < 1.29 is 13.2 Å². The molecule has 0 bridgehead atoms. The topological polar surface area (TPSA) is 75.3 Å². The van der Waals surface area contributed by atoms with Gasteiger partial charge in [-0.1, -0.05) is 6.07 Å². The minimum atomic E-state index is -3.73. The highest BCUT2D eigenvalue weighted by Gasteiger charge is 2.22. The average Bonchev–Trinajstić information content (AvgIpc) is 2.51. The van der Waals surface area contributed by atoms with Crippen LogP contribution in [0.2, 0.25) is 0 Å². The highest BCUT2D eigenvalue weighted by molar-refractivity contribution is 7.92. The zero-order chi connectivity index (χ0) is 20.6. The van der Waals surface area contributed by atoms with Gasteiger partial charge >= 0.3 is 0 Å². The molecule has 0 fully saturated rings. The Morgan fingerprint density at radius 3 is 1.81 bits per heavy atom. The number of amides is 1. The summed E-state index contributed by atoms with van der Waals surface area (Å²) >= 11 is 0. The Hall–Kier alpha value is -2.34. The molecule has 27 heavy (non-hydrogen) atoms. The maximum atomic E-state index is 13.0. The van der Waals surface area contributed by atoms with E-state index >= 15 is 0 Å². The summed E-state index contributed by atoms with van der Waals surface area (Å²) in [5.74, 6) is -0.196. The van der Waals surface area contributed by atoms with E-state index in [9.17, 15) is 13.2 Å². The van der Waals surface area contributed by atoms with Gasteiger partial charge in [0.2, 0.25) is 0 Å². The molecule has 2 rings (SSSR count). The third-order valence-corrected chi connectivity index (χ3v) is 6.11. The van der Waals surface area contributed by atoms with Gasteiger partial charge in [0.1, 0.15) is 0 Å². The van der Waals surface area contributed by atoms with Gasteiger partial charge in [-0.15, -0.1) is 0 Å². The molecule has 2 aromatic carbocycles. The van der Waals surface area contributed by atoms with Gasteiger partial charge in [-0.2, -0.15) is 0 Å². The van der Waals surface area contributed by atoms with Crippen LogP contribution in [0.4, 0.5) is 5.69 Å². The summed E-state index contributed by atoms with van der Waals surface area (Å²) in [4.78, 5) is 12.5. The maximum absolute atomic E-state index is 13.0. The van der Waals surface area contributed by atoms with Crippen molar-refractivity contribution in [2.75, 3.05) is 4.72 Å². The van der Waals surface area contributed by atoms with Crippen LogP contribution in [0.1, 0.15) is 53.4 Å². The van der Waals surface area contributed by atoms with Gasteiger partial charge in [0, 0.05) is 16.8 Å². The first-order valence-electron chi connectivity index (χ1n) is 8.84. The quantitative estimate of drug-likeness (QED) is 0.822. The first-order chi connectivity index (χ1) is 12.3. The standard InChI is InChI=1S/C21H28N2O3S/c1-13-12-14(2)16(4)19(15(13)3)27(25,26)23-18-10-8-17(9-11-18)20(24)22-21(5,6)7/h8-12,23H,1-7H3,(H,22,24). The van der Waals surface area contributed by atoms with Crippen LogP contribution in [0, 0.1) is 27.7 Å². The lowest BCUT2D eigenvalue weighted by Crippen LogP contribution is -2.40. The lowest BCUT2D eigenvalue weighted by atomic mass is 10.0. The van der Waals surface area contributed by atoms with Gasteiger partial charge in [0.15, 0.2) is 0 Å². The Bertz CT molecular complexity index is 944. The van der Waals surface area contributed by atoms with E-state index in [4.69, 9.17) is 0 Å². The highest BCUT2D eigenvalue weighted by atomic mass is 32.2. The molecule has 6 heteroatoms. The number of anilines is 1. The molecule has 0 radical (unpaired) electrons. The summed E-state index contributed by atoms with van der Waals surface area (Å²) in [6.45, 7) is 13.2. The minimum Gasteiger partial charge on any atom is -0.347 e. The van der Waals surface area contributed by atoms with E-state index in [1.807, 2.05) is 54.5 Å². The molecule has 0 unspecified atom stereocenters. The molecule has 0 aliphatic carbocycles. The Kier molecular flexibility index (Phi) is 5.71. The normalized spacial score (nSPS) is 12.0. The molecule has 0 spiro atoms. The van der Waals surface area contributed by atoms with E-state index in [1.165, 1.54) is 0 Å². The molecule has 0 heterocycles. The fourth-order valence-corrected chi connectivity index (χ4v) is 4.57. The van der Waals surface area contributed by atoms with Crippen molar-refractivity contribution >= 4 is 21.6 Å². The van der Waals surface area contributed by atoms with Crippen LogP contribution in [0.25, 0.3) is 0 Å². The van der Waals surface area contributed by atoms with Crippen LogP contribution in [-0.4, -0.2) is 19.9 Å². The fraction of sp³-hybridized carbons (Fsp3) is 0.381. The lowest BCUT2D eigenvalue weighted by Gasteiger charge is -2.20. The molecule has 0 saturated carbocycles. The van der Waals surface area contributed by atoms with E-state index in [-0.39, 0.29) is 11.4 Å². The van der Waals surface area contributed by atoms with E-state index in [1.54, 1.807) is 24.3 Å². The molecule has 0 atom stereocenters. The van der Waals surface area contributed by atoms with Crippen molar-refractivity contribution in [1.82, 2.24) is 5.32 Å². The first kappa shape index (κ1) is 21.0. The number of benzene rings is 2. The molecule has 0 aliphatic heterocycles. The molecule has 2 N–H and O–H groups in total. The number of sulfonamides is 1. The Morgan fingerprint density at radius 2 is 1.37 bits per heavy atom. The van der Waals surface area contributed by atoms with Gasteiger partial charge in [0.05, 0.1) is 4.90 Å². The van der Waals surface area contributed by atoms with Gasteiger partial charge in [-0.25, -0.2) is 8.42 Å². The van der Waals surface area contributed by atoms with Crippen molar-refractivity contribution in [2.24, 2.45) is 0 Å². The average molecular weight is 389 g/mol. The lowest BCUT2D eigenvalue weighted by molar-refractivity contribution is 0.0919. The van der Waals surface area contributed by atoms with Gasteiger partial charge in [-0.3, -0.25) is 9.52 Å². The third-order valence-electron chi connectivity index (χ3n) is 4.45. The van der Waals surface area contributed by atoms with Crippen LogP contribution < -0.4 is 10.0 Å². The van der Waals surface area contributed by atoms with E-state index in [0.29, 0.717) is 16.1 Å². The summed E-state index contributed by atoms with van der Waals surface area (Å²) in [6.07, 6.45) is 0. The predicted molar refractivity (Wildman–Crippen MR) is 110 cm³/mol. The molecular weight excluding hydrogens is 360 g/mol. The summed E-state index contributed by atoms with van der Waals surface area (Å²) in [5, 5.41) is 2.88. The van der Waals surface area contributed by atoms with Crippen LogP contribution in [0.3, 0.4) is 0 Å². The molecular formula is C21H28N2O3S. The summed E-state index contributed by atoms with van der Waals surface area (Å²) in [7, 11) is -3.73. The van der Waals surface area contributed by atoms with Crippen LogP contribution in [0.5, 0.6) is 0 Å². The minimum absolute atomic E-state index is 0.196. The number of carbonyl (C=O) groups is 1. The Morgan fingerprint density at radius 1 is 0.889 bits per heavy atom. The third kappa shape index (κ3) is 4.89. The van der Waals surface area contributed by atoms with E-state index in [2.05, 4.69) is 10.0 Å². The number of hydrogen-bond acceptors (Lipinski definition) is 3. The van der Waals surface area contributed by atoms with Crippen LogP contribution in [-0.2, 0) is 10.0 Å². The molecule has 0 aliphatic rings. The zero-order valence-corrected chi connectivity index (χ0v) is 17.8. The SMILES string of the molecule is Cc1cc(C)c(C)c(S(=O)(=O)Nc2ccc(C(=O)NC(C)(C)C)cc2)c1C. The molecule has 146 valence electrons. The fourth-order valence-electron chi connectivity index (χ4n) is 2.89. The molecule has 5 nitrogen and oxygen atoms in total. The van der Waals surface area contributed by atoms with Gasteiger partial charge in [0.25, 0.3) is 15.9 Å². The van der Waals surface area contributed by atoms with E-state index in [0.717, 1.165) is 22.3 Å². The second kappa shape index (κ2) is 7.35. The second-order valence-electron chi connectivity index (χ2n) is 7.98. The Labute approximate surface area is 162 Å². The van der Waals surface area contributed by atoms with Gasteiger partial charge in [-0.05, 0) is 95.0 Å². The molecule has 0 saturated heterocycles. The largest absolute Gasteiger partial charge is 0.347 e. The van der Waals surface area contributed by atoms with Crippen molar-refractivity contribution in [1.29, 1.82) is 0 Å². The van der Waals surface area contributed by atoms with Crippen LogP contribution >= 0.6 is 0 Å². The second-order valence-corrected chi connectivity index (χ2v) is 9.60. The number of hydrogen-bond donors (Lipinski definition) is 2. The van der Waals surface area contributed by atoms with Crippen molar-refractivity contribution in [3.8, 4) is 0 Å². The predicted octanol–water partition coefficient (Wildman–Crippen LogP) is 4.25. The maximum Gasteiger partial charge on any atom is 0.262 e. The van der Waals surface area contributed by atoms with Gasteiger partial charge < -0.3 is 5.32 Å². The Balaban J connectivity index is 2.31. The number of aryl methyl sites for hydroxylation is 2.